The molecule has 0 radical (unpaired) electrons. The molecule has 0 saturated heterocycles. The first-order chi connectivity index (χ1) is 19.9. The molecule has 1 atom stereocenters. The van der Waals surface area contributed by atoms with Gasteiger partial charge in [-0.25, -0.2) is 4.39 Å². The molecule has 0 fully saturated rings. The Morgan fingerprint density at radius 2 is 1.83 bits per heavy atom. The summed E-state index contributed by atoms with van der Waals surface area (Å²) in [4.78, 5) is 27.8. The van der Waals surface area contributed by atoms with Crippen molar-refractivity contribution in [3.05, 3.63) is 143 Å². The molecule has 41 heavy (non-hydrogen) atoms. The van der Waals surface area contributed by atoms with E-state index in [9.17, 15) is 14.0 Å². The van der Waals surface area contributed by atoms with Gasteiger partial charge in [0.25, 0.3) is 11.8 Å². The van der Waals surface area contributed by atoms with E-state index in [1.165, 1.54) is 18.4 Å². The van der Waals surface area contributed by atoms with E-state index in [1.54, 1.807) is 41.3 Å². The lowest BCUT2D eigenvalue weighted by Gasteiger charge is -2.37. The molecule has 3 heterocycles. The highest BCUT2D eigenvalue weighted by atomic mass is 19.1. The molecular weight excluding hydrogens is 523 g/mol. The number of rotatable bonds is 7. The number of fused-ring (bicyclic) bond motifs is 1. The minimum absolute atomic E-state index is 0.104. The molecule has 0 aliphatic carbocycles. The van der Waals surface area contributed by atoms with Gasteiger partial charge in [0.05, 0.1) is 12.3 Å². The molecule has 206 valence electrons. The van der Waals surface area contributed by atoms with Crippen LogP contribution in [-0.2, 0) is 13.0 Å². The number of carbonyl (C=O) groups excluding carboxylic acids is 2. The molecule has 5 aromatic rings. The average Bonchev–Trinajstić information content (AvgIpc) is 3.69. The van der Waals surface area contributed by atoms with E-state index in [4.69, 9.17) is 13.6 Å². The van der Waals surface area contributed by atoms with Gasteiger partial charge in [-0.1, -0.05) is 30.3 Å². The Morgan fingerprint density at radius 1 is 0.976 bits per heavy atom. The standard InChI is InChI=1S/C33H27FN2O5/c1-21-4-2-5-25(18-21)35-32(37)29-14-13-27(41-29)20-40-26-12-9-22-15-16-36(33(38)30-6-3-17-39-30)31(28(22)19-26)23-7-10-24(34)11-8-23/h2-14,17-19,31H,15-16,20H2,1H3,(H,35,37). The Balaban J connectivity index is 1.21. The van der Waals surface area contributed by atoms with Crippen LogP contribution < -0.4 is 10.1 Å². The molecule has 0 spiro atoms. The molecule has 2 aromatic heterocycles. The van der Waals surface area contributed by atoms with E-state index in [1.807, 2.05) is 49.4 Å². The molecule has 0 bridgehead atoms. The van der Waals surface area contributed by atoms with Crippen LogP contribution in [0.3, 0.4) is 0 Å². The van der Waals surface area contributed by atoms with Gasteiger partial charge in [0.15, 0.2) is 11.5 Å². The molecule has 3 aromatic carbocycles. The molecule has 7 nitrogen and oxygen atoms in total. The first-order valence-corrected chi connectivity index (χ1v) is 13.3. The predicted octanol–water partition coefficient (Wildman–Crippen LogP) is 6.94. The number of ether oxygens (including phenoxy) is 1. The highest BCUT2D eigenvalue weighted by Gasteiger charge is 2.34. The largest absolute Gasteiger partial charge is 0.486 e. The second-order valence-corrected chi connectivity index (χ2v) is 9.92. The van der Waals surface area contributed by atoms with E-state index >= 15 is 0 Å². The van der Waals surface area contributed by atoms with Gasteiger partial charge in [0.2, 0.25) is 0 Å². The normalized spacial score (nSPS) is 14.4. The van der Waals surface area contributed by atoms with Gasteiger partial charge >= 0.3 is 0 Å². The zero-order chi connectivity index (χ0) is 28.3. The lowest BCUT2D eigenvalue weighted by molar-refractivity contribution is 0.0661. The van der Waals surface area contributed by atoms with Crippen LogP contribution in [0, 0.1) is 12.7 Å². The van der Waals surface area contributed by atoms with E-state index < -0.39 is 6.04 Å². The predicted molar refractivity (Wildman–Crippen MR) is 150 cm³/mol. The Bertz CT molecular complexity index is 1690. The van der Waals surface area contributed by atoms with Crippen LogP contribution in [0.25, 0.3) is 0 Å². The van der Waals surface area contributed by atoms with E-state index in [0.717, 1.165) is 22.3 Å². The first kappa shape index (κ1) is 26.1. The van der Waals surface area contributed by atoms with Crippen molar-refractivity contribution >= 4 is 17.5 Å². The number of benzene rings is 3. The number of anilines is 1. The Kier molecular flexibility index (Phi) is 7.12. The number of hydrogen-bond donors (Lipinski definition) is 1. The number of nitrogens with zero attached hydrogens (tertiary/aromatic N) is 1. The van der Waals surface area contributed by atoms with Crippen molar-refractivity contribution in [1.29, 1.82) is 0 Å². The minimum Gasteiger partial charge on any atom is -0.486 e. The van der Waals surface area contributed by atoms with Gasteiger partial charge in [-0.05, 0) is 96.3 Å². The lowest BCUT2D eigenvalue weighted by Crippen LogP contribution is -2.40. The third kappa shape index (κ3) is 5.63. The number of furan rings is 2. The summed E-state index contributed by atoms with van der Waals surface area (Å²) < 4.78 is 31.0. The molecule has 1 aliphatic rings. The third-order valence-electron chi connectivity index (χ3n) is 7.07. The Labute approximate surface area is 236 Å². The maximum absolute atomic E-state index is 13.8. The number of halogens is 1. The van der Waals surface area contributed by atoms with Gasteiger partial charge in [-0.3, -0.25) is 9.59 Å². The fourth-order valence-electron chi connectivity index (χ4n) is 5.10. The van der Waals surface area contributed by atoms with Crippen LogP contribution in [0.1, 0.15) is 55.2 Å². The number of amides is 2. The number of hydrogen-bond acceptors (Lipinski definition) is 5. The number of nitrogens with one attached hydrogen (secondary N) is 1. The molecule has 1 N–H and O–H groups in total. The maximum Gasteiger partial charge on any atom is 0.291 e. The Hall–Kier alpha value is -5.11. The average molecular weight is 551 g/mol. The van der Waals surface area contributed by atoms with Gasteiger partial charge < -0.3 is 23.8 Å². The van der Waals surface area contributed by atoms with Crippen LogP contribution in [0.4, 0.5) is 10.1 Å². The van der Waals surface area contributed by atoms with Crippen molar-refractivity contribution in [1.82, 2.24) is 4.90 Å². The van der Waals surface area contributed by atoms with Crippen molar-refractivity contribution in [3.8, 4) is 5.75 Å². The summed E-state index contributed by atoms with van der Waals surface area (Å²) in [5.41, 5.74) is 4.46. The lowest BCUT2D eigenvalue weighted by atomic mass is 9.87. The summed E-state index contributed by atoms with van der Waals surface area (Å²) in [5.74, 6) is 0.544. The van der Waals surface area contributed by atoms with Crippen molar-refractivity contribution < 1.29 is 27.6 Å². The van der Waals surface area contributed by atoms with Crippen LogP contribution in [0.15, 0.2) is 106 Å². The second-order valence-electron chi connectivity index (χ2n) is 9.92. The van der Waals surface area contributed by atoms with Crippen molar-refractivity contribution in [3.63, 3.8) is 0 Å². The summed E-state index contributed by atoms with van der Waals surface area (Å²) in [7, 11) is 0. The first-order valence-electron chi connectivity index (χ1n) is 13.3. The highest BCUT2D eigenvalue weighted by molar-refractivity contribution is 6.02. The Morgan fingerprint density at radius 3 is 2.61 bits per heavy atom. The smallest absolute Gasteiger partial charge is 0.291 e. The zero-order valence-electron chi connectivity index (χ0n) is 22.3. The summed E-state index contributed by atoms with van der Waals surface area (Å²) in [6, 6.07) is 25.6. The second kappa shape index (κ2) is 11.2. The fraction of sp³-hybridized carbons (Fsp3) is 0.152. The van der Waals surface area contributed by atoms with E-state index in [2.05, 4.69) is 5.32 Å². The highest BCUT2D eigenvalue weighted by Crippen LogP contribution is 2.38. The molecule has 8 heteroatoms. The molecule has 2 amide bonds. The molecule has 1 unspecified atom stereocenters. The van der Waals surface area contributed by atoms with Crippen LogP contribution in [-0.4, -0.2) is 23.3 Å². The molecular formula is C33H27FN2O5. The number of aryl methyl sites for hydroxylation is 1. The summed E-state index contributed by atoms with van der Waals surface area (Å²) in [5, 5.41) is 2.83. The van der Waals surface area contributed by atoms with E-state index in [-0.39, 0.29) is 35.8 Å². The molecule has 0 saturated carbocycles. The van der Waals surface area contributed by atoms with E-state index in [0.29, 0.717) is 30.2 Å². The molecule has 1 aliphatic heterocycles. The monoisotopic (exact) mass is 550 g/mol. The van der Waals surface area contributed by atoms with Crippen LogP contribution in [0.2, 0.25) is 0 Å². The topological polar surface area (TPSA) is 84.9 Å². The van der Waals surface area contributed by atoms with Crippen molar-refractivity contribution in [2.45, 2.75) is 26.0 Å². The van der Waals surface area contributed by atoms with Crippen molar-refractivity contribution in [2.75, 3.05) is 11.9 Å². The van der Waals surface area contributed by atoms with Gasteiger partial charge in [-0.2, -0.15) is 0 Å². The summed E-state index contributed by atoms with van der Waals surface area (Å²) >= 11 is 0. The van der Waals surface area contributed by atoms with Gasteiger partial charge in [0, 0.05) is 12.2 Å². The van der Waals surface area contributed by atoms with Gasteiger partial charge in [0.1, 0.15) is 23.9 Å². The summed E-state index contributed by atoms with van der Waals surface area (Å²) in [6.45, 7) is 2.54. The maximum atomic E-state index is 13.8. The fourth-order valence-corrected chi connectivity index (χ4v) is 5.10. The van der Waals surface area contributed by atoms with Crippen LogP contribution >= 0.6 is 0 Å². The van der Waals surface area contributed by atoms with Crippen LogP contribution in [0.5, 0.6) is 5.75 Å². The molecule has 6 rings (SSSR count). The zero-order valence-corrected chi connectivity index (χ0v) is 22.3. The quantitative estimate of drug-likeness (QED) is 0.237. The van der Waals surface area contributed by atoms with Gasteiger partial charge in [-0.15, -0.1) is 0 Å². The SMILES string of the molecule is Cc1cccc(NC(=O)c2ccc(COc3ccc4c(c3)C(c3ccc(F)cc3)N(C(=O)c3ccco3)CC4)o2)c1. The summed E-state index contributed by atoms with van der Waals surface area (Å²) in [6.07, 6.45) is 2.12. The number of carbonyl (C=O) groups is 2. The van der Waals surface area contributed by atoms with Crippen molar-refractivity contribution in [2.24, 2.45) is 0 Å². The third-order valence-corrected chi connectivity index (χ3v) is 7.07. The minimum atomic E-state index is -0.457.